The van der Waals surface area contributed by atoms with Gasteiger partial charge in [0.05, 0.1) is 0 Å². The minimum Gasteiger partial charge on any atom is -0.382 e. The molecule has 2 heteroatoms. The van der Waals surface area contributed by atoms with E-state index >= 15 is 0 Å². The van der Waals surface area contributed by atoms with Gasteiger partial charge in [0.25, 0.3) is 0 Å². The van der Waals surface area contributed by atoms with Crippen LogP contribution < -0.4 is 0 Å². The van der Waals surface area contributed by atoms with Crippen molar-refractivity contribution in [3.05, 3.63) is 35.4 Å². The zero-order chi connectivity index (χ0) is 11.5. The van der Waals surface area contributed by atoms with Crippen LogP contribution in [0, 0.1) is 0 Å². The van der Waals surface area contributed by atoms with E-state index in [0.29, 0.717) is 5.56 Å². The van der Waals surface area contributed by atoms with Crippen LogP contribution in [0.15, 0.2) is 24.3 Å². The molecule has 1 aromatic carbocycles. The predicted molar refractivity (Wildman–Crippen MR) is 61.1 cm³/mol. The summed E-state index contributed by atoms with van der Waals surface area (Å²) in [6.07, 6.45) is 2.02. The van der Waals surface area contributed by atoms with Gasteiger partial charge in [-0.25, -0.2) is 0 Å². The number of hydrogen-bond acceptors (Lipinski definition) is 2. The Morgan fingerprint density at radius 2 is 2.07 bits per heavy atom. The lowest BCUT2D eigenvalue weighted by Gasteiger charge is -2.15. The van der Waals surface area contributed by atoms with Gasteiger partial charge in [-0.3, -0.25) is 4.79 Å². The summed E-state index contributed by atoms with van der Waals surface area (Å²) in [6.45, 7) is 5.13. The van der Waals surface area contributed by atoms with Crippen LogP contribution >= 0.6 is 0 Å². The number of rotatable bonds is 4. The maximum absolute atomic E-state index is 11.8. The summed E-state index contributed by atoms with van der Waals surface area (Å²) < 4.78 is 0. The largest absolute Gasteiger partial charge is 0.382 e. The number of hydrogen-bond donors (Lipinski definition) is 1. The molecular weight excluding hydrogens is 188 g/mol. The molecule has 82 valence electrons. The van der Waals surface area contributed by atoms with Crippen molar-refractivity contribution >= 4 is 5.78 Å². The molecule has 0 unspecified atom stereocenters. The molecule has 0 aromatic heterocycles. The second-order valence-electron chi connectivity index (χ2n) is 4.34. The number of benzene rings is 1. The van der Waals surface area contributed by atoms with Gasteiger partial charge in [-0.1, -0.05) is 31.5 Å². The molecule has 1 aromatic rings. The third-order valence-corrected chi connectivity index (χ3v) is 2.28. The molecule has 2 nitrogen and oxygen atoms in total. The standard InChI is InChI=1S/C13H18O2/c1-4-6-10-7-5-8-11(9-10)12(14)13(2,3)15/h5,7-9,15H,4,6H2,1-3H3. The van der Waals surface area contributed by atoms with Crippen LogP contribution in [-0.4, -0.2) is 16.5 Å². The summed E-state index contributed by atoms with van der Waals surface area (Å²) >= 11 is 0. The minimum absolute atomic E-state index is 0.222. The fourth-order valence-corrected chi connectivity index (χ4v) is 1.51. The van der Waals surface area contributed by atoms with Gasteiger partial charge in [0.2, 0.25) is 0 Å². The van der Waals surface area contributed by atoms with Gasteiger partial charge in [0.15, 0.2) is 5.78 Å². The van der Waals surface area contributed by atoms with Crippen molar-refractivity contribution < 1.29 is 9.90 Å². The summed E-state index contributed by atoms with van der Waals surface area (Å²) in [7, 11) is 0. The van der Waals surface area contributed by atoms with E-state index in [4.69, 9.17) is 0 Å². The lowest BCUT2D eigenvalue weighted by atomic mass is 9.95. The molecule has 0 fully saturated rings. The van der Waals surface area contributed by atoms with Crippen molar-refractivity contribution in [1.29, 1.82) is 0 Å². The Morgan fingerprint density at radius 1 is 1.40 bits per heavy atom. The first-order valence-corrected chi connectivity index (χ1v) is 5.31. The summed E-state index contributed by atoms with van der Waals surface area (Å²) in [5, 5.41) is 9.61. The molecular formula is C13H18O2. The average molecular weight is 206 g/mol. The van der Waals surface area contributed by atoms with Crippen LogP contribution in [0.3, 0.4) is 0 Å². The first-order valence-electron chi connectivity index (χ1n) is 5.31. The second-order valence-corrected chi connectivity index (χ2v) is 4.34. The fourth-order valence-electron chi connectivity index (χ4n) is 1.51. The molecule has 0 amide bonds. The summed E-state index contributed by atoms with van der Waals surface area (Å²) in [4.78, 5) is 11.8. The second kappa shape index (κ2) is 4.58. The van der Waals surface area contributed by atoms with Crippen LogP contribution in [-0.2, 0) is 6.42 Å². The molecule has 0 radical (unpaired) electrons. The number of aryl methyl sites for hydroxylation is 1. The molecule has 0 saturated carbocycles. The zero-order valence-corrected chi connectivity index (χ0v) is 9.58. The lowest BCUT2D eigenvalue weighted by Crippen LogP contribution is -2.31. The van der Waals surface area contributed by atoms with Crippen molar-refractivity contribution in [3.63, 3.8) is 0 Å². The fraction of sp³-hybridized carbons (Fsp3) is 0.462. The number of Topliss-reactive ketones (excluding diaryl/α,β-unsaturated/α-hetero) is 1. The van der Waals surface area contributed by atoms with Crippen molar-refractivity contribution in [2.45, 2.75) is 39.2 Å². The van der Waals surface area contributed by atoms with E-state index in [1.165, 1.54) is 13.8 Å². The number of carbonyl (C=O) groups excluding carboxylic acids is 1. The third-order valence-electron chi connectivity index (χ3n) is 2.28. The van der Waals surface area contributed by atoms with E-state index < -0.39 is 5.60 Å². The van der Waals surface area contributed by atoms with Gasteiger partial charge in [0.1, 0.15) is 5.60 Å². The minimum atomic E-state index is -1.29. The SMILES string of the molecule is CCCc1cccc(C(=O)C(C)(C)O)c1. The van der Waals surface area contributed by atoms with Crippen LogP contribution in [0.25, 0.3) is 0 Å². The Labute approximate surface area is 90.9 Å². The predicted octanol–water partition coefficient (Wildman–Crippen LogP) is 2.59. The van der Waals surface area contributed by atoms with E-state index in [1.807, 2.05) is 18.2 Å². The Hall–Kier alpha value is -1.15. The Morgan fingerprint density at radius 3 is 2.60 bits per heavy atom. The van der Waals surface area contributed by atoms with Gasteiger partial charge in [0, 0.05) is 5.56 Å². The molecule has 0 aliphatic carbocycles. The zero-order valence-electron chi connectivity index (χ0n) is 9.58. The first-order chi connectivity index (χ1) is 6.95. The number of carbonyl (C=O) groups is 1. The topological polar surface area (TPSA) is 37.3 Å². The van der Waals surface area contributed by atoms with Crippen molar-refractivity contribution in [3.8, 4) is 0 Å². The highest BCUT2D eigenvalue weighted by Gasteiger charge is 2.24. The number of aliphatic hydroxyl groups is 1. The average Bonchev–Trinajstić information content (AvgIpc) is 2.16. The smallest absolute Gasteiger partial charge is 0.193 e. The monoisotopic (exact) mass is 206 g/mol. The first kappa shape index (κ1) is 11.9. The Bertz CT molecular complexity index is 348. The van der Waals surface area contributed by atoms with Crippen LogP contribution in [0.5, 0.6) is 0 Å². The van der Waals surface area contributed by atoms with Crippen LogP contribution in [0.2, 0.25) is 0 Å². The summed E-state index contributed by atoms with van der Waals surface area (Å²) in [6, 6.07) is 7.48. The maximum atomic E-state index is 11.8. The van der Waals surface area contributed by atoms with Crippen LogP contribution in [0.4, 0.5) is 0 Å². The highest BCUT2D eigenvalue weighted by molar-refractivity contribution is 6.01. The molecule has 0 saturated heterocycles. The third kappa shape index (κ3) is 3.17. The van der Waals surface area contributed by atoms with E-state index in [9.17, 15) is 9.90 Å². The molecule has 1 rings (SSSR count). The Balaban J connectivity index is 2.95. The molecule has 0 aliphatic heterocycles. The van der Waals surface area contributed by atoms with Crippen molar-refractivity contribution in [2.24, 2.45) is 0 Å². The molecule has 1 N–H and O–H groups in total. The quantitative estimate of drug-likeness (QED) is 0.769. The maximum Gasteiger partial charge on any atom is 0.193 e. The molecule has 0 aliphatic rings. The van der Waals surface area contributed by atoms with Gasteiger partial charge in [-0.05, 0) is 31.9 Å². The molecule has 15 heavy (non-hydrogen) atoms. The summed E-state index contributed by atoms with van der Waals surface area (Å²) in [5.74, 6) is -0.222. The summed E-state index contributed by atoms with van der Waals surface area (Å²) in [5.41, 5.74) is 0.450. The van der Waals surface area contributed by atoms with Crippen LogP contribution in [0.1, 0.15) is 43.1 Å². The Kier molecular flexibility index (Phi) is 3.64. The van der Waals surface area contributed by atoms with Gasteiger partial charge in [-0.2, -0.15) is 0 Å². The molecule has 0 spiro atoms. The highest BCUT2D eigenvalue weighted by atomic mass is 16.3. The van der Waals surface area contributed by atoms with Crippen molar-refractivity contribution in [2.75, 3.05) is 0 Å². The highest BCUT2D eigenvalue weighted by Crippen LogP contribution is 2.14. The van der Waals surface area contributed by atoms with E-state index in [2.05, 4.69) is 6.92 Å². The normalized spacial score (nSPS) is 11.5. The molecule has 0 atom stereocenters. The van der Waals surface area contributed by atoms with E-state index in [1.54, 1.807) is 6.07 Å². The molecule has 0 heterocycles. The van der Waals surface area contributed by atoms with E-state index in [-0.39, 0.29) is 5.78 Å². The van der Waals surface area contributed by atoms with Gasteiger partial charge < -0.3 is 5.11 Å². The van der Waals surface area contributed by atoms with Gasteiger partial charge >= 0.3 is 0 Å². The van der Waals surface area contributed by atoms with Gasteiger partial charge in [-0.15, -0.1) is 0 Å². The number of ketones is 1. The van der Waals surface area contributed by atoms with E-state index in [0.717, 1.165) is 18.4 Å². The van der Waals surface area contributed by atoms with Crippen molar-refractivity contribution in [1.82, 2.24) is 0 Å². The molecule has 0 bridgehead atoms. The lowest BCUT2D eigenvalue weighted by molar-refractivity contribution is 0.0488.